The summed E-state index contributed by atoms with van der Waals surface area (Å²) in [6.45, 7) is 1.99. The molecule has 1 amide bonds. The Morgan fingerprint density at radius 2 is 1.84 bits per heavy atom. The molecule has 3 aromatic carbocycles. The van der Waals surface area contributed by atoms with Gasteiger partial charge in [0.05, 0.1) is 17.0 Å². The fraction of sp³-hybridized carbons (Fsp3) is 0.0357. The average molecular weight is 621 g/mol. The standard InChI is InChI=1S/C28H19Br2N3O4/c1-16-7-5-10-20-23(17-8-3-2-4-9-17)25(32-24(16)20)27(34)33-31-15-18-13-19(29)14-21(30)26(18)37-28(35)22-11-6-12-36-22/h2-15,32H,1H3,(H,33,34). The summed E-state index contributed by atoms with van der Waals surface area (Å²) in [5, 5.41) is 5.10. The smallest absolute Gasteiger partial charge is 0.379 e. The Morgan fingerprint density at radius 3 is 2.59 bits per heavy atom. The Labute approximate surface area is 228 Å². The maximum absolute atomic E-state index is 13.3. The van der Waals surface area contributed by atoms with Crippen molar-refractivity contribution < 1.29 is 18.7 Å². The van der Waals surface area contributed by atoms with Gasteiger partial charge < -0.3 is 14.1 Å². The van der Waals surface area contributed by atoms with Gasteiger partial charge >= 0.3 is 5.97 Å². The Morgan fingerprint density at radius 1 is 1.03 bits per heavy atom. The van der Waals surface area contributed by atoms with Crippen LogP contribution in [0.15, 0.2) is 97.5 Å². The number of amides is 1. The van der Waals surface area contributed by atoms with E-state index in [1.165, 1.54) is 18.5 Å². The summed E-state index contributed by atoms with van der Waals surface area (Å²) in [6, 6.07) is 22.2. The number of para-hydroxylation sites is 1. The predicted octanol–water partition coefficient (Wildman–Crippen LogP) is 7.24. The van der Waals surface area contributed by atoms with Gasteiger partial charge in [0.15, 0.2) is 5.75 Å². The van der Waals surface area contributed by atoms with Crippen LogP contribution in [-0.2, 0) is 0 Å². The molecule has 9 heteroatoms. The maximum atomic E-state index is 13.3. The number of hydrogen-bond donors (Lipinski definition) is 2. The van der Waals surface area contributed by atoms with Gasteiger partial charge in [-0.15, -0.1) is 0 Å². The monoisotopic (exact) mass is 619 g/mol. The highest BCUT2D eigenvalue weighted by Crippen LogP contribution is 2.34. The average Bonchev–Trinajstić information content (AvgIpc) is 3.56. The zero-order valence-corrected chi connectivity index (χ0v) is 22.6. The minimum atomic E-state index is -0.660. The number of hydrazone groups is 1. The molecule has 0 aliphatic heterocycles. The highest BCUT2D eigenvalue weighted by Gasteiger charge is 2.20. The van der Waals surface area contributed by atoms with Crippen LogP contribution >= 0.6 is 31.9 Å². The van der Waals surface area contributed by atoms with Crippen molar-refractivity contribution in [3.63, 3.8) is 0 Å². The van der Waals surface area contributed by atoms with Gasteiger partial charge in [0.2, 0.25) is 5.76 Å². The number of aromatic nitrogens is 1. The first-order valence-electron chi connectivity index (χ1n) is 11.2. The van der Waals surface area contributed by atoms with Gasteiger partial charge in [0.25, 0.3) is 5.91 Å². The van der Waals surface area contributed by atoms with Crippen LogP contribution in [0.3, 0.4) is 0 Å². The molecule has 0 fully saturated rings. The SMILES string of the molecule is Cc1cccc2c(-c3ccccc3)c(C(=O)NN=Cc3cc(Br)cc(Br)c3OC(=O)c3ccco3)[nH]c12. The van der Waals surface area contributed by atoms with E-state index in [4.69, 9.17) is 9.15 Å². The molecule has 0 aliphatic carbocycles. The van der Waals surface area contributed by atoms with Crippen molar-refractivity contribution in [2.75, 3.05) is 0 Å². The molecule has 7 nitrogen and oxygen atoms in total. The number of H-pyrrole nitrogens is 1. The second-order valence-corrected chi connectivity index (χ2v) is 9.88. The fourth-order valence-electron chi connectivity index (χ4n) is 3.98. The summed E-state index contributed by atoms with van der Waals surface area (Å²) >= 11 is 6.85. The van der Waals surface area contributed by atoms with Crippen molar-refractivity contribution in [2.24, 2.45) is 5.10 Å². The van der Waals surface area contributed by atoms with E-state index in [9.17, 15) is 9.59 Å². The Kier molecular flexibility index (Phi) is 7.07. The van der Waals surface area contributed by atoms with Gasteiger partial charge in [-0.05, 0) is 58.2 Å². The molecule has 0 saturated carbocycles. The molecule has 184 valence electrons. The van der Waals surface area contributed by atoms with Crippen LogP contribution < -0.4 is 10.2 Å². The second-order valence-electron chi connectivity index (χ2n) is 8.11. The van der Waals surface area contributed by atoms with E-state index in [0.717, 1.165) is 32.1 Å². The summed E-state index contributed by atoms with van der Waals surface area (Å²) in [4.78, 5) is 29.0. The van der Waals surface area contributed by atoms with Gasteiger partial charge in [0.1, 0.15) is 5.69 Å². The summed E-state index contributed by atoms with van der Waals surface area (Å²) in [5.41, 5.74) is 7.07. The van der Waals surface area contributed by atoms with Gasteiger partial charge in [0, 0.05) is 26.5 Å². The molecule has 0 spiro atoms. The summed E-state index contributed by atoms with van der Waals surface area (Å²) in [5.74, 6) is -0.774. The number of aromatic amines is 1. The number of aryl methyl sites for hydroxylation is 1. The molecule has 2 heterocycles. The predicted molar refractivity (Wildman–Crippen MR) is 149 cm³/mol. The zero-order valence-electron chi connectivity index (χ0n) is 19.4. The van der Waals surface area contributed by atoms with Crippen LogP contribution in [0.4, 0.5) is 0 Å². The van der Waals surface area contributed by atoms with E-state index in [2.05, 4.69) is 47.4 Å². The quantitative estimate of drug-likeness (QED) is 0.0905. The molecule has 37 heavy (non-hydrogen) atoms. The van der Waals surface area contributed by atoms with Gasteiger partial charge in [-0.3, -0.25) is 4.79 Å². The van der Waals surface area contributed by atoms with Crippen LogP contribution in [0.5, 0.6) is 5.75 Å². The number of nitrogens with one attached hydrogen (secondary N) is 2. The normalized spacial score (nSPS) is 11.2. The molecule has 0 bridgehead atoms. The third-order valence-corrected chi connectivity index (χ3v) is 6.70. The van der Waals surface area contributed by atoms with E-state index in [1.807, 2.05) is 55.5 Å². The largest absolute Gasteiger partial charge is 0.457 e. The number of carbonyl (C=O) groups excluding carboxylic acids is 2. The molecule has 0 radical (unpaired) electrons. The molecule has 0 aliphatic rings. The third-order valence-electron chi connectivity index (χ3n) is 5.66. The van der Waals surface area contributed by atoms with Crippen molar-refractivity contribution in [1.82, 2.24) is 10.4 Å². The van der Waals surface area contributed by atoms with Crippen LogP contribution in [-0.4, -0.2) is 23.1 Å². The number of esters is 1. The van der Waals surface area contributed by atoms with Crippen LogP contribution in [0.25, 0.3) is 22.0 Å². The molecule has 2 N–H and O–H groups in total. The van der Waals surface area contributed by atoms with Crippen molar-refractivity contribution >= 4 is 60.9 Å². The van der Waals surface area contributed by atoms with E-state index in [1.54, 1.807) is 18.2 Å². The topological polar surface area (TPSA) is 96.7 Å². The minimum Gasteiger partial charge on any atom is -0.457 e. The highest BCUT2D eigenvalue weighted by atomic mass is 79.9. The van der Waals surface area contributed by atoms with Crippen LogP contribution in [0.2, 0.25) is 0 Å². The highest BCUT2D eigenvalue weighted by molar-refractivity contribution is 9.11. The number of fused-ring (bicyclic) bond motifs is 1. The number of carbonyl (C=O) groups is 2. The summed E-state index contributed by atoms with van der Waals surface area (Å²) in [6.07, 6.45) is 2.80. The van der Waals surface area contributed by atoms with E-state index in [-0.39, 0.29) is 11.5 Å². The lowest BCUT2D eigenvalue weighted by Crippen LogP contribution is -2.19. The Hall–Kier alpha value is -3.95. The first-order valence-corrected chi connectivity index (χ1v) is 12.8. The van der Waals surface area contributed by atoms with E-state index < -0.39 is 11.9 Å². The Balaban J connectivity index is 1.45. The summed E-state index contributed by atoms with van der Waals surface area (Å²) in [7, 11) is 0. The van der Waals surface area contributed by atoms with Crippen molar-refractivity contribution in [1.29, 1.82) is 0 Å². The molecule has 5 aromatic rings. The van der Waals surface area contributed by atoms with Gasteiger partial charge in [-0.25, -0.2) is 10.2 Å². The first kappa shape index (κ1) is 24.7. The molecular weight excluding hydrogens is 602 g/mol. The summed E-state index contributed by atoms with van der Waals surface area (Å²) < 4.78 is 11.9. The molecule has 0 atom stereocenters. The molecular formula is C28H19Br2N3O4. The van der Waals surface area contributed by atoms with Crippen LogP contribution in [0.1, 0.15) is 32.2 Å². The molecule has 0 unspecified atom stereocenters. The first-order chi connectivity index (χ1) is 17.9. The van der Waals surface area contributed by atoms with Crippen LogP contribution in [0, 0.1) is 6.92 Å². The lowest BCUT2D eigenvalue weighted by molar-refractivity contribution is 0.0699. The number of halogens is 2. The molecule has 5 rings (SSSR count). The number of nitrogens with zero attached hydrogens (tertiary/aromatic N) is 1. The Bertz CT molecular complexity index is 1640. The zero-order chi connectivity index (χ0) is 25.9. The van der Waals surface area contributed by atoms with Gasteiger partial charge in [-0.2, -0.15) is 5.10 Å². The number of ether oxygens (including phenoxy) is 1. The third kappa shape index (κ3) is 5.14. The fourth-order valence-corrected chi connectivity index (χ4v) is 5.32. The van der Waals surface area contributed by atoms with Gasteiger partial charge in [-0.1, -0.05) is 64.5 Å². The molecule has 2 aromatic heterocycles. The number of furan rings is 1. The minimum absolute atomic E-state index is 0.0635. The van der Waals surface area contributed by atoms with E-state index in [0.29, 0.717) is 15.7 Å². The number of rotatable bonds is 6. The molecule has 0 saturated heterocycles. The number of benzene rings is 3. The maximum Gasteiger partial charge on any atom is 0.379 e. The lowest BCUT2D eigenvalue weighted by Gasteiger charge is -2.09. The van der Waals surface area contributed by atoms with Crippen molar-refractivity contribution in [3.05, 3.63) is 111 Å². The van der Waals surface area contributed by atoms with Crippen molar-refractivity contribution in [3.8, 4) is 16.9 Å². The second kappa shape index (κ2) is 10.6. The number of hydrogen-bond acceptors (Lipinski definition) is 5. The van der Waals surface area contributed by atoms with Crippen molar-refractivity contribution in [2.45, 2.75) is 6.92 Å². The lowest BCUT2D eigenvalue weighted by atomic mass is 10.0. The van der Waals surface area contributed by atoms with E-state index >= 15 is 0 Å².